The summed E-state index contributed by atoms with van der Waals surface area (Å²) in [7, 11) is 0. The first-order chi connectivity index (χ1) is 15.6. The van der Waals surface area contributed by atoms with Gasteiger partial charge in [0.15, 0.2) is 5.82 Å². The Morgan fingerprint density at radius 2 is 1.56 bits per heavy atom. The molecule has 0 N–H and O–H groups in total. The largest absolute Gasteiger partial charge is 0.492 e. The van der Waals surface area contributed by atoms with Gasteiger partial charge in [-0.3, -0.25) is 0 Å². The molecule has 32 heavy (non-hydrogen) atoms. The van der Waals surface area contributed by atoms with Crippen LogP contribution in [0.5, 0.6) is 5.75 Å². The molecule has 180 valence electrons. The highest BCUT2D eigenvalue weighted by molar-refractivity contribution is 6.32. The van der Waals surface area contributed by atoms with E-state index < -0.39 is 0 Å². The highest BCUT2D eigenvalue weighted by Gasteiger charge is 2.30. The second-order valence-electron chi connectivity index (χ2n) is 10.3. The fourth-order valence-electron chi connectivity index (χ4n) is 5.79. The van der Waals surface area contributed by atoms with Crippen LogP contribution in [0.2, 0.25) is 5.02 Å². The third-order valence-electron chi connectivity index (χ3n) is 7.97. The van der Waals surface area contributed by atoms with Crippen LogP contribution in [0.3, 0.4) is 0 Å². The zero-order valence-electron chi connectivity index (χ0n) is 20.4. The van der Waals surface area contributed by atoms with E-state index in [9.17, 15) is 4.39 Å². The highest BCUT2D eigenvalue weighted by atomic mass is 35.5. The molecule has 1 nitrogen and oxygen atoms in total. The summed E-state index contributed by atoms with van der Waals surface area (Å²) in [6.45, 7) is 4.98. The summed E-state index contributed by atoms with van der Waals surface area (Å²) in [5, 5.41) is 0.109. The molecule has 2 saturated carbocycles. The Balaban J connectivity index is 1.43. The minimum absolute atomic E-state index is 0.109. The van der Waals surface area contributed by atoms with Gasteiger partial charge in [0.2, 0.25) is 0 Å². The Hall–Kier alpha value is -1.02. The van der Waals surface area contributed by atoms with Gasteiger partial charge in [0, 0.05) is 5.56 Å². The molecule has 0 aliphatic heterocycles. The van der Waals surface area contributed by atoms with Gasteiger partial charge < -0.3 is 4.74 Å². The van der Waals surface area contributed by atoms with Crippen LogP contribution in [0.4, 0.5) is 4.39 Å². The molecule has 3 heteroatoms. The molecular formula is C29H44ClFO. The summed E-state index contributed by atoms with van der Waals surface area (Å²) >= 11 is 6.22. The van der Waals surface area contributed by atoms with Gasteiger partial charge in [-0.1, -0.05) is 82.5 Å². The van der Waals surface area contributed by atoms with Crippen molar-refractivity contribution >= 4 is 17.7 Å². The first-order valence-corrected chi connectivity index (χ1v) is 13.8. The Morgan fingerprint density at radius 3 is 2.22 bits per heavy atom. The van der Waals surface area contributed by atoms with Gasteiger partial charge >= 0.3 is 0 Å². The van der Waals surface area contributed by atoms with Crippen LogP contribution in [-0.2, 0) is 0 Å². The lowest BCUT2D eigenvalue weighted by Gasteiger charge is -2.37. The van der Waals surface area contributed by atoms with E-state index in [4.69, 9.17) is 16.3 Å². The van der Waals surface area contributed by atoms with Crippen molar-refractivity contribution in [3.8, 4) is 5.75 Å². The molecule has 0 amide bonds. The van der Waals surface area contributed by atoms with E-state index in [-0.39, 0.29) is 10.8 Å². The lowest BCUT2D eigenvalue weighted by Crippen LogP contribution is -2.25. The molecule has 1 aromatic carbocycles. The molecular weight excluding hydrogens is 419 g/mol. The van der Waals surface area contributed by atoms with Crippen LogP contribution in [-0.4, -0.2) is 6.61 Å². The summed E-state index contributed by atoms with van der Waals surface area (Å²) in [4.78, 5) is 0. The fourth-order valence-corrected chi connectivity index (χ4v) is 6.02. The third-order valence-corrected chi connectivity index (χ3v) is 8.32. The number of hydrogen-bond donors (Lipinski definition) is 0. The first-order valence-electron chi connectivity index (χ1n) is 13.4. The van der Waals surface area contributed by atoms with Crippen molar-refractivity contribution in [2.75, 3.05) is 6.61 Å². The standard InChI is InChI=1S/C29H44ClFO/c1-3-5-7-8-22-9-14-24(15-10-22)25-16-11-23(12-17-25)13-18-26-19-20-27(28(30)29(26)31)32-21-6-4-2/h13,18-20,22-25H,3-12,14-17,21H2,1-2H3. The molecule has 0 atom stereocenters. The summed E-state index contributed by atoms with van der Waals surface area (Å²) in [6.07, 6.45) is 22.8. The average Bonchev–Trinajstić information content (AvgIpc) is 2.82. The van der Waals surface area contributed by atoms with Crippen molar-refractivity contribution < 1.29 is 9.13 Å². The summed E-state index contributed by atoms with van der Waals surface area (Å²) in [5.74, 6) is 3.54. The second-order valence-corrected chi connectivity index (χ2v) is 10.7. The van der Waals surface area contributed by atoms with Gasteiger partial charge in [0.05, 0.1) is 6.61 Å². The van der Waals surface area contributed by atoms with E-state index in [1.165, 1.54) is 77.0 Å². The van der Waals surface area contributed by atoms with E-state index in [1.54, 1.807) is 12.1 Å². The van der Waals surface area contributed by atoms with E-state index >= 15 is 0 Å². The molecule has 0 aromatic heterocycles. The molecule has 0 bridgehead atoms. The summed E-state index contributed by atoms with van der Waals surface area (Å²) in [5.41, 5.74) is 0.571. The highest BCUT2D eigenvalue weighted by Crippen LogP contribution is 2.42. The van der Waals surface area contributed by atoms with Gasteiger partial charge in [0.25, 0.3) is 0 Å². The van der Waals surface area contributed by atoms with Crippen LogP contribution in [0.1, 0.15) is 109 Å². The normalized spacial score (nSPS) is 26.5. The number of halogens is 2. The van der Waals surface area contributed by atoms with E-state index in [1.807, 2.05) is 6.08 Å². The van der Waals surface area contributed by atoms with E-state index in [0.717, 1.165) is 30.6 Å². The van der Waals surface area contributed by atoms with Gasteiger partial charge in [-0.05, 0) is 80.8 Å². The zero-order chi connectivity index (χ0) is 22.8. The van der Waals surface area contributed by atoms with E-state index in [0.29, 0.717) is 23.8 Å². The number of benzene rings is 1. The predicted molar refractivity (Wildman–Crippen MR) is 136 cm³/mol. The van der Waals surface area contributed by atoms with Crippen LogP contribution in [0.25, 0.3) is 6.08 Å². The quantitative estimate of drug-likeness (QED) is 0.297. The van der Waals surface area contributed by atoms with Gasteiger partial charge in [-0.25, -0.2) is 4.39 Å². The number of unbranched alkanes of at least 4 members (excludes halogenated alkanes) is 3. The van der Waals surface area contributed by atoms with Crippen molar-refractivity contribution in [1.82, 2.24) is 0 Å². The fraction of sp³-hybridized carbons (Fsp3) is 0.724. The molecule has 2 aliphatic carbocycles. The smallest absolute Gasteiger partial charge is 0.152 e. The lowest BCUT2D eigenvalue weighted by molar-refractivity contribution is 0.151. The first kappa shape index (κ1) is 25.6. The molecule has 0 saturated heterocycles. The van der Waals surface area contributed by atoms with Crippen molar-refractivity contribution in [3.63, 3.8) is 0 Å². The van der Waals surface area contributed by atoms with Crippen LogP contribution in [0.15, 0.2) is 18.2 Å². The molecule has 2 fully saturated rings. The van der Waals surface area contributed by atoms with Crippen LogP contribution < -0.4 is 4.74 Å². The Bertz CT molecular complexity index is 699. The molecule has 1 aromatic rings. The Kier molecular flexibility index (Phi) is 10.9. The van der Waals surface area contributed by atoms with Crippen molar-refractivity contribution in [2.24, 2.45) is 23.7 Å². The lowest BCUT2D eigenvalue weighted by atomic mass is 9.68. The zero-order valence-corrected chi connectivity index (χ0v) is 21.1. The van der Waals surface area contributed by atoms with Crippen molar-refractivity contribution in [1.29, 1.82) is 0 Å². The third kappa shape index (κ3) is 7.51. The molecule has 0 spiro atoms. The maximum absolute atomic E-state index is 14.7. The number of allylic oxidation sites excluding steroid dienone is 1. The minimum Gasteiger partial charge on any atom is -0.492 e. The molecule has 3 rings (SSSR count). The van der Waals surface area contributed by atoms with Crippen LogP contribution >= 0.6 is 11.6 Å². The SMILES string of the molecule is CCCCCC1CCC(C2CCC(C=Cc3ccc(OCCCC)c(Cl)c3F)CC2)CC1. The second kappa shape index (κ2) is 13.6. The predicted octanol–water partition coefficient (Wildman–Crippen LogP) is 9.86. The topological polar surface area (TPSA) is 9.23 Å². The number of hydrogen-bond acceptors (Lipinski definition) is 1. The molecule has 0 heterocycles. The maximum Gasteiger partial charge on any atom is 0.152 e. The Labute approximate surface area is 201 Å². The number of ether oxygens (including phenoxy) is 1. The van der Waals surface area contributed by atoms with E-state index in [2.05, 4.69) is 19.9 Å². The van der Waals surface area contributed by atoms with Crippen LogP contribution in [0, 0.1) is 29.5 Å². The van der Waals surface area contributed by atoms with Gasteiger partial charge in [-0.15, -0.1) is 0 Å². The molecule has 0 radical (unpaired) electrons. The minimum atomic E-state index is -0.360. The van der Waals surface area contributed by atoms with Gasteiger partial charge in [0.1, 0.15) is 10.8 Å². The summed E-state index contributed by atoms with van der Waals surface area (Å²) in [6, 6.07) is 3.60. The maximum atomic E-state index is 14.7. The summed E-state index contributed by atoms with van der Waals surface area (Å²) < 4.78 is 20.3. The number of rotatable bonds is 11. The molecule has 0 unspecified atom stereocenters. The van der Waals surface area contributed by atoms with Crippen molar-refractivity contribution in [3.05, 3.63) is 34.6 Å². The molecule has 2 aliphatic rings. The van der Waals surface area contributed by atoms with Gasteiger partial charge in [-0.2, -0.15) is 0 Å². The Morgan fingerprint density at radius 1 is 0.906 bits per heavy atom. The average molecular weight is 463 g/mol. The monoisotopic (exact) mass is 462 g/mol. The van der Waals surface area contributed by atoms with Crippen molar-refractivity contribution in [2.45, 2.75) is 104 Å².